The SMILES string of the molecule is O=[N+]([O-])c1ccc(Br)c(NCc2ccc(O)c(O)c2O)c1. The van der Waals surface area contributed by atoms with Gasteiger partial charge in [0.15, 0.2) is 11.5 Å². The van der Waals surface area contributed by atoms with Crippen LogP contribution >= 0.6 is 15.9 Å². The van der Waals surface area contributed by atoms with Crippen molar-refractivity contribution in [3.05, 3.63) is 50.5 Å². The Balaban J connectivity index is 2.22. The van der Waals surface area contributed by atoms with Crippen molar-refractivity contribution in [3.8, 4) is 17.2 Å². The zero-order valence-corrected chi connectivity index (χ0v) is 12.2. The van der Waals surface area contributed by atoms with Crippen LogP contribution in [0, 0.1) is 10.1 Å². The molecule has 0 aliphatic heterocycles. The highest BCUT2D eigenvalue weighted by molar-refractivity contribution is 9.10. The lowest BCUT2D eigenvalue weighted by Gasteiger charge is -2.11. The van der Waals surface area contributed by atoms with E-state index in [1.807, 2.05) is 0 Å². The Hall–Kier alpha value is -2.48. The number of rotatable bonds is 4. The largest absolute Gasteiger partial charge is 0.504 e. The standard InChI is InChI=1S/C13H11BrN2O5/c14-9-3-2-8(16(20)21)5-10(9)15-6-7-1-4-11(17)13(19)12(7)18/h1-5,15,17-19H,6H2. The van der Waals surface area contributed by atoms with Gasteiger partial charge in [-0.2, -0.15) is 0 Å². The summed E-state index contributed by atoms with van der Waals surface area (Å²) in [6, 6.07) is 6.92. The zero-order valence-electron chi connectivity index (χ0n) is 10.6. The normalized spacial score (nSPS) is 10.3. The summed E-state index contributed by atoms with van der Waals surface area (Å²) < 4.78 is 0.621. The Labute approximate surface area is 127 Å². The number of nitrogens with one attached hydrogen (secondary N) is 1. The van der Waals surface area contributed by atoms with Crippen molar-refractivity contribution >= 4 is 27.3 Å². The highest BCUT2D eigenvalue weighted by Gasteiger charge is 2.13. The topological polar surface area (TPSA) is 116 Å². The van der Waals surface area contributed by atoms with Crippen molar-refractivity contribution in [3.63, 3.8) is 0 Å². The molecule has 0 saturated carbocycles. The van der Waals surface area contributed by atoms with Crippen LogP contribution in [0.2, 0.25) is 0 Å². The summed E-state index contributed by atoms with van der Waals surface area (Å²) in [5.41, 5.74) is 0.735. The van der Waals surface area contributed by atoms with Gasteiger partial charge in [-0.1, -0.05) is 0 Å². The van der Waals surface area contributed by atoms with Crippen LogP contribution < -0.4 is 5.32 Å². The third-order valence-electron chi connectivity index (χ3n) is 2.84. The lowest BCUT2D eigenvalue weighted by atomic mass is 10.1. The molecule has 0 aliphatic rings. The van der Waals surface area contributed by atoms with E-state index >= 15 is 0 Å². The first-order valence-corrected chi connectivity index (χ1v) is 6.60. The van der Waals surface area contributed by atoms with Crippen molar-refractivity contribution in [2.75, 3.05) is 5.32 Å². The minimum absolute atomic E-state index is 0.0709. The molecule has 0 unspecified atom stereocenters. The Morgan fingerprint density at radius 1 is 1.14 bits per heavy atom. The van der Waals surface area contributed by atoms with Gasteiger partial charge in [0.05, 0.1) is 10.6 Å². The number of halogens is 1. The van der Waals surface area contributed by atoms with Gasteiger partial charge in [-0.15, -0.1) is 0 Å². The fourth-order valence-corrected chi connectivity index (χ4v) is 2.09. The number of nitrogens with zero attached hydrogens (tertiary/aromatic N) is 1. The van der Waals surface area contributed by atoms with E-state index in [0.717, 1.165) is 0 Å². The summed E-state index contributed by atoms with van der Waals surface area (Å²) in [5.74, 6) is -1.47. The number of phenols is 3. The number of benzene rings is 2. The van der Waals surface area contributed by atoms with Crippen LogP contribution in [0.25, 0.3) is 0 Å². The molecule has 2 aromatic rings. The van der Waals surface area contributed by atoms with Crippen molar-refractivity contribution < 1.29 is 20.2 Å². The molecule has 7 nitrogen and oxygen atoms in total. The molecule has 0 radical (unpaired) electrons. The Morgan fingerprint density at radius 3 is 2.52 bits per heavy atom. The number of aromatic hydroxyl groups is 3. The minimum atomic E-state index is -0.604. The van der Waals surface area contributed by atoms with E-state index in [4.69, 9.17) is 0 Å². The van der Waals surface area contributed by atoms with Gasteiger partial charge in [0.25, 0.3) is 5.69 Å². The van der Waals surface area contributed by atoms with E-state index in [9.17, 15) is 25.4 Å². The molecule has 110 valence electrons. The fraction of sp³-hybridized carbons (Fsp3) is 0.0769. The monoisotopic (exact) mass is 354 g/mol. The number of phenolic OH excluding ortho intramolecular Hbond substituents is 3. The quantitative estimate of drug-likeness (QED) is 0.381. The van der Waals surface area contributed by atoms with Gasteiger partial charge < -0.3 is 20.6 Å². The van der Waals surface area contributed by atoms with Crippen LogP contribution in [0.5, 0.6) is 17.2 Å². The Morgan fingerprint density at radius 2 is 1.86 bits per heavy atom. The number of non-ortho nitro benzene ring substituents is 1. The lowest BCUT2D eigenvalue weighted by Crippen LogP contribution is -2.01. The first kappa shape index (κ1) is 14.9. The number of hydrogen-bond donors (Lipinski definition) is 4. The van der Waals surface area contributed by atoms with E-state index < -0.39 is 22.2 Å². The second-order valence-corrected chi connectivity index (χ2v) is 5.07. The molecule has 0 aliphatic carbocycles. The fourth-order valence-electron chi connectivity index (χ4n) is 1.71. The second-order valence-electron chi connectivity index (χ2n) is 4.22. The van der Waals surface area contributed by atoms with Crippen molar-refractivity contribution in [1.29, 1.82) is 0 Å². The Kier molecular flexibility index (Phi) is 4.18. The van der Waals surface area contributed by atoms with Crippen molar-refractivity contribution in [1.82, 2.24) is 0 Å². The maximum atomic E-state index is 10.7. The molecule has 0 amide bonds. The highest BCUT2D eigenvalue weighted by Crippen LogP contribution is 2.37. The van der Waals surface area contributed by atoms with E-state index in [2.05, 4.69) is 21.2 Å². The van der Waals surface area contributed by atoms with Gasteiger partial charge in [0, 0.05) is 28.7 Å². The molecule has 0 aromatic heterocycles. The van der Waals surface area contributed by atoms with Crippen LogP contribution in [0.1, 0.15) is 5.56 Å². The molecule has 0 saturated heterocycles. The van der Waals surface area contributed by atoms with Gasteiger partial charge >= 0.3 is 0 Å². The first-order valence-electron chi connectivity index (χ1n) is 5.80. The molecule has 4 N–H and O–H groups in total. The van der Waals surface area contributed by atoms with Gasteiger partial charge in [0.2, 0.25) is 5.75 Å². The van der Waals surface area contributed by atoms with Crippen LogP contribution in [0.3, 0.4) is 0 Å². The molecule has 0 atom stereocenters. The molecule has 0 spiro atoms. The van der Waals surface area contributed by atoms with Gasteiger partial charge in [-0.25, -0.2) is 0 Å². The summed E-state index contributed by atoms with van der Waals surface area (Å²) in [7, 11) is 0. The van der Waals surface area contributed by atoms with Crippen LogP contribution in [0.4, 0.5) is 11.4 Å². The van der Waals surface area contributed by atoms with Gasteiger partial charge in [-0.3, -0.25) is 10.1 Å². The molecule has 2 aromatic carbocycles. The zero-order chi connectivity index (χ0) is 15.6. The summed E-state index contributed by atoms with van der Waals surface area (Å²) in [6.07, 6.45) is 0. The number of nitro groups is 1. The second kappa shape index (κ2) is 5.88. The maximum Gasteiger partial charge on any atom is 0.271 e. The smallest absolute Gasteiger partial charge is 0.271 e. The predicted octanol–water partition coefficient (Wildman–Crippen LogP) is 3.09. The van der Waals surface area contributed by atoms with E-state index in [-0.39, 0.29) is 12.2 Å². The van der Waals surface area contributed by atoms with Crippen LogP contribution in [0.15, 0.2) is 34.8 Å². The molecule has 2 rings (SSSR count). The van der Waals surface area contributed by atoms with E-state index in [0.29, 0.717) is 15.7 Å². The molecule has 0 fully saturated rings. The minimum Gasteiger partial charge on any atom is -0.504 e. The Bertz CT molecular complexity index is 705. The molecule has 0 heterocycles. The van der Waals surface area contributed by atoms with Gasteiger partial charge in [-0.05, 0) is 34.1 Å². The summed E-state index contributed by atoms with van der Waals surface area (Å²) >= 11 is 3.26. The highest BCUT2D eigenvalue weighted by atomic mass is 79.9. The van der Waals surface area contributed by atoms with E-state index in [1.54, 1.807) is 0 Å². The first-order chi connectivity index (χ1) is 9.90. The summed E-state index contributed by atoms with van der Waals surface area (Å²) in [4.78, 5) is 10.2. The average Bonchev–Trinajstić information content (AvgIpc) is 2.45. The van der Waals surface area contributed by atoms with Gasteiger partial charge in [0.1, 0.15) is 0 Å². The van der Waals surface area contributed by atoms with Crippen LogP contribution in [-0.4, -0.2) is 20.2 Å². The third-order valence-corrected chi connectivity index (χ3v) is 3.54. The molecular weight excluding hydrogens is 344 g/mol. The average molecular weight is 355 g/mol. The number of nitro benzene ring substituents is 1. The molecule has 21 heavy (non-hydrogen) atoms. The third kappa shape index (κ3) is 3.16. The molecular formula is C13H11BrN2O5. The maximum absolute atomic E-state index is 10.7. The van der Waals surface area contributed by atoms with E-state index in [1.165, 1.54) is 30.3 Å². The number of hydrogen-bond acceptors (Lipinski definition) is 6. The summed E-state index contributed by atoms with van der Waals surface area (Å²) in [5, 5.41) is 42.0. The van der Waals surface area contributed by atoms with Crippen LogP contribution in [-0.2, 0) is 6.54 Å². The molecule has 0 bridgehead atoms. The molecule has 8 heteroatoms. The predicted molar refractivity (Wildman–Crippen MR) is 79.6 cm³/mol. The lowest BCUT2D eigenvalue weighted by molar-refractivity contribution is -0.384. The summed E-state index contributed by atoms with van der Waals surface area (Å²) in [6.45, 7) is 0.111. The van der Waals surface area contributed by atoms with Crippen molar-refractivity contribution in [2.24, 2.45) is 0 Å². The van der Waals surface area contributed by atoms with Crippen molar-refractivity contribution in [2.45, 2.75) is 6.54 Å². The number of anilines is 1.